The third kappa shape index (κ3) is 4.11. The quantitative estimate of drug-likeness (QED) is 0.641. The number of hydrogen-bond acceptors (Lipinski definition) is 6. The molecule has 0 spiro atoms. The number of nitrogens with one attached hydrogen (secondary N) is 1. The van der Waals surface area contributed by atoms with Crippen LogP contribution in [0.5, 0.6) is 5.75 Å². The van der Waals surface area contributed by atoms with Crippen LogP contribution in [0.1, 0.15) is 45.4 Å². The zero-order chi connectivity index (χ0) is 22.0. The second-order valence-corrected chi connectivity index (χ2v) is 8.71. The molecule has 4 rings (SSSR count). The van der Waals surface area contributed by atoms with Crippen molar-refractivity contribution in [1.82, 2.24) is 20.0 Å². The molecule has 0 radical (unpaired) electrons. The van der Waals surface area contributed by atoms with Crippen LogP contribution in [0.25, 0.3) is 0 Å². The van der Waals surface area contributed by atoms with Crippen molar-refractivity contribution in [3.05, 3.63) is 24.3 Å². The van der Waals surface area contributed by atoms with Crippen molar-refractivity contribution < 1.29 is 14.3 Å². The van der Waals surface area contributed by atoms with Crippen molar-refractivity contribution in [1.29, 1.82) is 0 Å². The number of ether oxygens (including phenoxy) is 1. The molecule has 170 valence electrons. The highest BCUT2D eigenvalue weighted by Crippen LogP contribution is 2.34. The Morgan fingerprint density at radius 1 is 1.13 bits per heavy atom. The lowest BCUT2D eigenvalue weighted by atomic mass is 10.1. The molecule has 3 aliphatic rings. The number of benzene rings is 1. The minimum atomic E-state index is -0.350. The normalized spacial score (nSPS) is 26.3. The molecule has 0 saturated carbocycles. The van der Waals surface area contributed by atoms with Gasteiger partial charge in [-0.1, -0.05) is 38.7 Å². The van der Waals surface area contributed by atoms with Crippen LogP contribution in [0.4, 0.5) is 10.5 Å². The van der Waals surface area contributed by atoms with Crippen LogP contribution in [0.3, 0.4) is 0 Å². The second-order valence-electron chi connectivity index (χ2n) is 8.71. The van der Waals surface area contributed by atoms with E-state index in [1.54, 1.807) is 19.1 Å². The zero-order valence-electron chi connectivity index (χ0n) is 18.9. The fraction of sp³-hybridized carbons (Fsp3) is 0.652. The lowest BCUT2D eigenvalue weighted by Gasteiger charge is -2.44. The molecule has 0 aliphatic carbocycles. The molecule has 1 aromatic carbocycles. The number of imide groups is 1. The topological polar surface area (TPSA) is 68.4 Å². The number of carbonyl (C=O) groups excluding carboxylic acids is 2. The number of nitrogens with zero attached hydrogens (tertiary/aromatic N) is 4. The summed E-state index contributed by atoms with van der Waals surface area (Å²) < 4.78 is 5.40. The van der Waals surface area contributed by atoms with Gasteiger partial charge in [0.15, 0.2) is 0 Å². The molecular weight excluding hydrogens is 394 g/mol. The smallest absolute Gasteiger partial charge is 0.327 e. The van der Waals surface area contributed by atoms with E-state index >= 15 is 0 Å². The van der Waals surface area contributed by atoms with Crippen molar-refractivity contribution in [2.24, 2.45) is 0 Å². The number of rotatable bonds is 8. The SMILES string of the molecule is CCCCCCCN1C(=O)C2C(NC3N(c4cccc(OC)c4)CCCN23)N(C)C1=O. The summed E-state index contributed by atoms with van der Waals surface area (Å²) in [6, 6.07) is 7.46. The van der Waals surface area contributed by atoms with Gasteiger partial charge in [0, 0.05) is 38.4 Å². The number of carbonyl (C=O) groups is 2. The van der Waals surface area contributed by atoms with Crippen LogP contribution in [-0.4, -0.2) is 78.9 Å². The molecule has 0 aromatic heterocycles. The van der Waals surface area contributed by atoms with Crippen LogP contribution in [0, 0.1) is 0 Å². The number of anilines is 1. The second kappa shape index (κ2) is 9.44. The molecule has 1 N–H and O–H groups in total. The Balaban J connectivity index is 1.51. The van der Waals surface area contributed by atoms with Gasteiger partial charge in [0.2, 0.25) is 0 Å². The van der Waals surface area contributed by atoms with E-state index in [0.29, 0.717) is 6.54 Å². The standard InChI is InChI=1S/C23H35N5O3/c1-4-5-6-7-8-13-28-21(29)19-20(25(2)23(28)30)24-22-26(14-10-15-27(19)22)17-11-9-12-18(16-17)31-3/h9,11-12,16,19-20,22,24H,4-8,10,13-15H2,1-3H3. The van der Waals surface area contributed by atoms with Gasteiger partial charge in [-0.3, -0.25) is 19.9 Å². The predicted octanol–water partition coefficient (Wildman–Crippen LogP) is 2.65. The minimum Gasteiger partial charge on any atom is -0.497 e. The highest BCUT2D eigenvalue weighted by molar-refractivity contribution is 6.00. The van der Waals surface area contributed by atoms with Crippen molar-refractivity contribution in [2.75, 3.05) is 38.7 Å². The first-order valence-electron chi connectivity index (χ1n) is 11.6. The summed E-state index contributed by atoms with van der Waals surface area (Å²) in [5.74, 6) is 0.744. The maximum absolute atomic E-state index is 13.4. The largest absolute Gasteiger partial charge is 0.497 e. The number of fused-ring (bicyclic) bond motifs is 3. The highest BCUT2D eigenvalue weighted by Gasteiger charge is 2.55. The fourth-order valence-electron chi connectivity index (χ4n) is 5.05. The van der Waals surface area contributed by atoms with Gasteiger partial charge in [-0.25, -0.2) is 4.79 Å². The summed E-state index contributed by atoms with van der Waals surface area (Å²) in [7, 11) is 3.47. The van der Waals surface area contributed by atoms with Crippen LogP contribution in [0.2, 0.25) is 0 Å². The van der Waals surface area contributed by atoms with E-state index in [4.69, 9.17) is 4.74 Å². The number of likely N-dealkylation sites (N-methyl/N-ethyl adjacent to an activating group) is 1. The third-order valence-electron chi connectivity index (χ3n) is 6.74. The van der Waals surface area contributed by atoms with Crippen molar-refractivity contribution >= 4 is 17.6 Å². The molecule has 31 heavy (non-hydrogen) atoms. The van der Waals surface area contributed by atoms with Gasteiger partial charge in [0.1, 0.15) is 24.2 Å². The average molecular weight is 430 g/mol. The van der Waals surface area contributed by atoms with Gasteiger partial charge in [-0.15, -0.1) is 0 Å². The first-order chi connectivity index (χ1) is 15.1. The summed E-state index contributed by atoms with van der Waals surface area (Å²) in [5.41, 5.74) is 1.05. The Morgan fingerprint density at radius 2 is 1.94 bits per heavy atom. The zero-order valence-corrected chi connectivity index (χ0v) is 18.9. The van der Waals surface area contributed by atoms with Crippen molar-refractivity contribution in [3.8, 4) is 5.75 Å². The first-order valence-corrected chi connectivity index (χ1v) is 11.6. The molecule has 3 unspecified atom stereocenters. The van der Waals surface area contributed by atoms with Crippen LogP contribution in [-0.2, 0) is 4.79 Å². The Kier molecular flexibility index (Phi) is 6.67. The molecule has 8 heteroatoms. The molecule has 8 nitrogen and oxygen atoms in total. The molecule has 0 bridgehead atoms. The number of hydrogen-bond donors (Lipinski definition) is 1. The Hall–Kier alpha value is -2.32. The minimum absolute atomic E-state index is 0.0638. The maximum Gasteiger partial charge on any atom is 0.327 e. The number of methoxy groups -OCH3 is 1. The Bertz CT molecular complexity index is 803. The highest BCUT2D eigenvalue weighted by atomic mass is 16.5. The van der Waals surface area contributed by atoms with Gasteiger partial charge in [0.05, 0.1) is 7.11 Å². The molecule has 1 aromatic rings. The van der Waals surface area contributed by atoms with Crippen LogP contribution in [0.15, 0.2) is 24.3 Å². The van der Waals surface area contributed by atoms with E-state index < -0.39 is 0 Å². The number of urea groups is 1. The molecule has 3 fully saturated rings. The molecule has 3 heterocycles. The van der Waals surface area contributed by atoms with E-state index in [0.717, 1.165) is 50.2 Å². The maximum atomic E-state index is 13.4. The molecular formula is C23H35N5O3. The Morgan fingerprint density at radius 3 is 2.71 bits per heavy atom. The van der Waals surface area contributed by atoms with Crippen molar-refractivity contribution in [3.63, 3.8) is 0 Å². The van der Waals surface area contributed by atoms with Gasteiger partial charge in [0.25, 0.3) is 5.91 Å². The van der Waals surface area contributed by atoms with Crippen LogP contribution < -0.4 is 15.0 Å². The molecule has 3 aliphatic heterocycles. The summed E-state index contributed by atoms with van der Waals surface area (Å²) in [4.78, 5) is 34.1. The molecule has 3 saturated heterocycles. The third-order valence-corrected chi connectivity index (χ3v) is 6.74. The van der Waals surface area contributed by atoms with Gasteiger partial charge in [-0.2, -0.15) is 0 Å². The molecule has 3 atom stereocenters. The van der Waals surface area contributed by atoms with Crippen LogP contribution >= 0.6 is 0 Å². The first kappa shape index (κ1) is 21.9. The van der Waals surface area contributed by atoms with Gasteiger partial charge in [-0.05, 0) is 25.0 Å². The Labute approximate surface area is 185 Å². The fourth-order valence-corrected chi connectivity index (χ4v) is 5.05. The summed E-state index contributed by atoms with van der Waals surface area (Å²) in [6.07, 6.45) is 5.98. The summed E-state index contributed by atoms with van der Waals surface area (Å²) >= 11 is 0. The lowest BCUT2D eigenvalue weighted by molar-refractivity contribution is -0.138. The van der Waals surface area contributed by atoms with Gasteiger partial charge >= 0.3 is 6.03 Å². The number of amides is 3. The van der Waals surface area contributed by atoms with E-state index in [1.165, 1.54) is 17.7 Å². The predicted molar refractivity (Wildman–Crippen MR) is 120 cm³/mol. The monoisotopic (exact) mass is 429 g/mol. The molecule has 3 amide bonds. The average Bonchev–Trinajstić information content (AvgIpc) is 3.19. The van der Waals surface area contributed by atoms with Gasteiger partial charge < -0.3 is 14.5 Å². The summed E-state index contributed by atoms with van der Waals surface area (Å²) in [6.45, 7) is 4.40. The van der Waals surface area contributed by atoms with E-state index in [-0.39, 0.29) is 30.4 Å². The van der Waals surface area contributed by atoms with Crippen molar-refractivity contribution in [2.45, 2.75) is 63.9 Å². The van der Waals surface area contributed by atoms with E-state index in [9.17, 15) is 9.59 Å². The van der Waals surface area contributed by atoms with E-state index in [1.807, 2.05) is 18.2 Å². The lowest BCUT2D eigenvalue weighted by Crippen LogP contribution is -2.66. The number of unbranched alkanes of at least 4 members (excludes halogenated alkanes) is 4. The summed E-state index contributed by atoms with van der Waals surface area (Å²) in [5, 5.41) is 3.56. The van der Waals surface area contributed by atoms with E-state index in [2.05, 4.69) is 28.1 Å².